The van der Waals surface area contributed by atoms with Crippen molar-refractivity contribution in [1.82, 2.24) is 5.32 Å². The number of rotatable bonds is 3. The Morgan fingerprint density at radius 3 is 2.69 bits per heavy atom. The van der Waals surface area contributed by atoms with E-state index in [0.29, 0.717) is 6.04 Å². The van der Waals surface area contributed by atoms with Crippen LogP contribution in [0.25, 0.3) is 0 Å². The molecule has 0 saturated carbocycles. The van der Waals surface area contributed by atoms with Crippen LogP contribution in [0.15, 0.2) is 28.7 Å². The number of aliphatic hydroxyl groups excluding tert-OH is 1. The summed E-state index contributed by atoms with van der Waals surface area (Å²) < 4.78 is 1.05. The predicted molar refractivity (Wildman–Crippen MR) is 69.4 cm³/mol. The van der Waals surface area contributed by atoms with Crippen molar-refractivity contribution in [2.45, 2.75) is 37.8 Å². The van der Waals surface area contributed by atoms with Gasteiger partial charge in [-0.3, -0.25) is 0 Å². The molecule has 1 aromatic carbocycles. The summed E-state index contributed by atoms with van der Waals surface area (Å²) in [4.78, 5) is 0. The normalized spacial score (nSPS) is 23.0. The molecule has 1 saturated heterocycles. The van der Waals surface area contributed by atoms with Crippen molar-refractivity contribution in [2.75, 3.05) is 6.54 Å². The van der Waals surface area contributed by atoms with Crippen LogP contribution in [0.3, 0.4) is 0 Å². The third-order valence-electron chi connectivity index (χ3n) is 3.17. The highest BCUT2D eigenvalue weighted by atomic mass is 79.9. The Balaban J connectivity index is 1.91. The van der Waals surface area contributed by atoms with E-state index in [-0.39, 0.29) is 6.10 Å². The summed E-state index contributed by atoms with van der Waals surface area (Å²) in [6.07, 6.45) is 4.22. The third kappa shape index (κ3) is 3.30. The fraction of sp³-hybridized carbons (Fsp3) is 0.538. The van der Waals surface area contributed by atoms with Crippen LogP contribution in [0.4, 0.5) is 0 Å². The summed E-state index contributed by atoms with van der Waals surface area (Å²) >= 11 is 3.40. The molecule has 0 aliphatic carbocycles. The summed E-state index contributed by atoms with van der Waals surface area (Å²) in [7, 11) is 0. The quantitative estimate of drug-likeness (QED) is 0.894. The minimum atomic E-state index is -0.344. The lowest BCUT2D eigenvalue weighted by atomic mass is 9.96. The number of nitrogens with one attached hydrogen (secondary N) is 1. The molecule has 2 rings (SSSR count). The Bertz CT molecular complexity index is 319. The molecule has 1 heterocycles. The van der Waals surface area contributed by atoms with Crippen LogP contribution in [-0.2, 0) is 0 Å². The zero-order valence-electron chi connectivity index (χ0n) is 9.32. The van der Waals surface area contributed by atoms with Gasteiger partial charge in [0.15, 0.2) is 0 Å². The molecule has 1 aliphatic heterocycles. The average Bonchev–Trinajstić information content (AvgIpc) is 2.31. The van der Waals surface area contributed by atoms with Crippen molar-refractivity contribution in [2.24, 2.45) is 0 Å². The molecule has 2 nitrogen and oxygen atoms in total. The maximum absolute atomic E-state index is 10.1. The first kappa shape index (κ1) is 12.1. The van der Waals surface area contributed by atoms with Gasteiger partial charge in [0.1, 0.15) is 0 Å². The summed E-state index contributed by atoms with van der Waals surface area (Å²) in [6, 6.07) is 8.40. The number of benzene rings is 1. The van der Waals surface area contributed by atoms with Gasteiger partial charge in [-0.05, 0) is 43.5 Å². The van der Waals surface area contributed by atoms with Gasteiger partial charge >= 0.3 is 0 Å². The zero-order chi connectivity index (χ0) is 11.4. The van der Waals surface area contributed by atoms with Crippen molar-refractivity contribution >= 4 is 15.9 Å². The Labute approximate surface area is 105 Å². The van der Waals surface area contributed by atoms with Crippen LogP contribution in [0.5, 0.6) is 0 Å². The molecular weight excluding hydrogens is 266 g/mol. The van der Waals surface area contributed by atoms with Gasteiger partial charge in [-0.25, -0.2) is 0 Å². The van der Waals surface area contributed by atoms with Gasteiger partial charge in [-0.1, -0.05) is 34.5 Å². The standard InChI is InChI=1S/C13H18BrNO/c14-11-6-4-10(5-7-11)13(16)9-12-3-1-2-8-15-12/h4-7,12-13,15-16H,1-3,8-9H2/t12?,13-/m0/s1. The van der Waals surface area contributed by atoms with E-state index in [1.165, 1.54) is 19.3 Å². The second-order valence-electron chi connectivity index (χ2n) is 4.45. The molecule has 0 amide bonds. The molecule has 1 aliphatic rings. The fourth-order valence-electron chi connectivity index (χ4n) is 2.22. The third-order valence-corrected chi connectivity index (χ3v) is 3.70. The summed E-state index contributed by atoms with van der Waals surface area (Å²) in [5, 5.41) is 13.6. The molecule has 16 heavy (non-hydrogen) atoms. The largest absolute Gasteiger partial charge is 0.388 e. The first-order valence-electron chi connectivity index (χ1n) is 5.92. The highest BCUT2D eigenvalue weighted by Gasteiger charge is 2.17. The number of hydrogen-bond acceptors (Lipinski definition) is 2. The highest BCUT2D eigenvalue weighted by molar-refractivity contribution is 9.10. The molecule has 0 bridgehead atoms. The van der Waals surface area contributed by atoms with E-state index in [9.17, 15) is 5.11 Å². The van der Waals surface area contributed by atoms with Gasteiger partial charge in [0.05, 0.1) is 6.10 Å². The first-order valence-corrected chi connectivity index (χ1v) is 6.72. The zero-order valence-corrected chi connectivity index (χ0v) is 10.9. The average molecular weight is 284 g/mol. The molecule has 2 N–H and O–H groups in total. The molecule has 0 spiro atoms. The van der Waals surface area contributed by atoms with Gasteiger partial charge in [-0.15, -0.1) is 0 Å². The van der Waals surface area contributed by atoms with Crippen molar-refractivity contribution in [3.8, 4) is 0 Å². The topological polar surface area (TPSA) is 32.3 Å². The number of hydrogen-bond donors (Lipinski definition) is 2. The molecule has 0 aromatic heterocycles. The van der Waals surface area contributed by atoms with Crippen LogP contribution in [0.2, 0.25) is 0 Å². The van der Waals surface area contributed by atoms with Crippen molar-refractivity contribution in [3.05, 3.63) is 34.3 Å². The van der Waals surface area contributed by atoms with E-state index < -0.39 is 0 Å². The summed E-state index contributed by atoms with van der Waals surface area (Å²) in [6.45, 7) is 1.09. The lowest BCUT2D eigenvalue weighted by Crippen LogP contribution is -2.35. The van der Waals surface area contributed by atoms with Crippen LogP contribution in [-0.4, -0.2) is 17.7 Å². The number of piperidine rings is 1. The van der Waals surface area contributed by atoms with Gasteiger partial charge < -0.3 is 10.4 Å². The van der Waals surface area contributed by atoms with Crippen molar-refractivity contribution < 1.29 is 5.11 Å². The highest BCUT2D eigenvalue weighted by Crippen LogP contribution is 2.23. The van der Waals surface area contributed by atoms with E-state index in [1.54, 1.807) is 0 Å². The van der Waals surface area contributed by atoms with Gasteiger partial charge in [-0.2, -0.15) is 0 Å². The van der Waals surface area contributed by atoms with Crippen molar-refractivity contribution in [3.63, 3.8) is 0 Å². The number of aliphatic hydroxyl groups is 1. The van der Waals surface area contributed by atoms with E-state index in [1.807, 2.05) is 24.3 Å². The Morgan fingerprint density at radius 1 is 1.31 bits per heavy atom. The van der Waals surface area contributed by atoms with Crippen LogP contribution < -0.4 is 5.32 Å². The lowest BCUT2D eigenvalue weighted by molar-refractivity contribution is 0.144. The fourth-order valence-corrected chi connectivity index (χ4v) is 2.48. The molecule has 1 fully saturated rings. The molecule has 0 radical (unpaired) electrons. The lowest BCUT2D eigenvalue weighted by Gasteiger charge is -2.25. The van der Waals surface area contributed by atoms with E-state index >= 15 is 0 Å². The molecule has 88 valence electrons. The van der Waals surface area contributed by atoms with E-state index in [2.05, 4.69) is 21.2 Å². The smallest absolute Gasteiger partial charge is 0.0804 e. The molecule has 3 heteroatoms. The Hall–Kier alpha value is -0.380. The molecule has 2 atom stereocenters. The Morgan fingerprint density at radius 2 is 2.06 bits per heavy atom. The summed E-state index contributed by atoms with van der Waals surface area (Å²) in [5.74, 6) is 0. The van der Waals surface area contributed by atoms with Gasteiger partial charge in [0, 0.05) is 10.5 Å². The molecule has 1 unspecified atom stereocenters. The predicted octanol–water partition coefficient (Wildman–Crippen LogP) is 3.01. The monoisotopic (exact) mass is 283 g/mol. The van der Waals surface area contributed by atoms with Gasteiger partial charge in [0.2, 0.25) is 0 Å². The van der Waals surface area contributed by atoms with Crippen LogP contribution in [0.1, 0.15) is 37.4 Å². The maximum Gasteiger partial charge on any atom is 0.0804 e. The number of halogens is 1. The van der Waals surface area contributed by atoms with Crippen LogP contribution in [0, 0.1) is 0 Å². The second-order valence-corrected chi connectivity index (χ2v) is 5.37. The second kappa shape index (κ2) is 5.80. The maximum atomic E-state index is 10.1. The van der Waals surface area contributed by atoms with E-state index in [4.69, 9.17) is 0 Å². The van der Waals surface area contributed by atoms with Crippen LogP contribution >= 0.6 is 15.9 Å². The SMILES string of the molecule is O[C@@H](CC1CCCCN1)c1ccc(Br)cc1. The first-order chi connectivity index (χ1) is 7.75. The van der Waals surface area contributed by atoms with Gasteiger partial charge in [0.25, 0.3) is 0 Å². The van der Waals surface area contributed by atoms with Crippen molar-refractivity contribution in [1.29, 1.82) is 0 Å². The van der Waals surface area contributed by atoms with E-state index in [0.717, 1.165) is 23.0 Å². The minimum absolute atomic E-state index is 0.344. The minimum Gasteiger partial charge on any atom is -0.388 e. The molecule has 1 aromatic rings. The molecular formula is C13H18BrNO. The Kier molecular flexibility index (Phi) is 4.38. The summed E-state index contributed by atoms with van der Waals surface area (Å²) in [5.41, 5.74) is 1.01.